The second-order valence-electron chi connectivity index (χ2n) is 7.13. The maximum atomic E-state index is 6.10. The third kappa shape index (κ3) is 7.95. The van der Waals surface area contributed by atoms with Crippen LogP contribution in [0.1, 0.15) is 5.56 Å². The molecule has 3 rings (SSSR count). The summed E-state index contributed by atoms with van der Waals surface area (Å²) in [5.74, 6) is 1.54. The van der Waals surface area contributed by atoms with E-state index in [-0.39, 0.29) is 0 Å². The topological polar surface area (TPSA) is 52.6 Å². The first-order valence-electron chi connectivity index (χ1n) is 10.5. The van der Waals surface area contributed by atoms with Gasteiger partial charge in [-0.25, -0.2) is 0 Å². The van der Waals surface area contributed by atoms with Crippen LogP contribution in [0.4, 0.5) is 0 Å². The number of hydrogen-bond acceptors (Lipinski definition) is 7. The average molecular weight is 407 g/mol. The molecule has 2 aliphatic heterocycles. The van der Waals surface area contributed by atoms with Crippen molar-refractivity contribution in [2.24, 2.45) is 0 Å². The van der Waals surface area contributed by atoms with Gasteiger partial charge in [0.05, 0.1) is 39.6 Å². The average Bonchev–Trinajstić information content (AvgIpc) is 2.75. The number of hydrogen-bond donors (Lipinski definition) is 0. The molecule has 29 heavy (non-hydrogen) atoms. The SMILES string of the molecule is C=Cc1ccc2c(c1)OCCN1CCOCCOCCN(CCOCC1)CCO2. The number of fused-ring (bicyclic) bond motifs is 7. The second-order valence-corrected chi connectivity index (χ2v) is 7.13. The highest BCUT2D eigenvalue weighted by Gasteiger charge is 2.12. The molecule has 2 atom stereocenters. The van der Waals surface area contributed by atoms with E-state index in [4.69, 9.17) is 23.7 Å². The summed E-state index contributed by atoms with van der Waals surface area (Å²) in [7, 11) is 0. The largest absolute Gasteiger partial charge is 0.488 e. The van der Waals surface area contributed by atoms with E-state index in [0.717, 1.165) is 56.3 Å². The molecule has 1 aromatic rings. The smallest absolute Gasteiger partial charge is 0.161 e. The van der Waals surface area contributed by atoms with Crippen molar-refractivity contribution in [3.05, 3.63) is 30.3 Å². The molecule has 0 aromatic heterocycles. The zero-order valence-electron chi connectivity index (χ0n) is 17.4. The molecule has 162 valence electrons. The van der Waals surface area contributed by atoms with Gasteiger partial charge in [0.15, 0.2) is 11.5 Å². The van der Waals surface area contributed by atoms with Crippen molar-refractivity contribution in [3.8, 4) is 11.5 Å². The molecule has 0 aliphatic carbocycles. The van der Waals surface area contributed by atoms with Crippen molar-refractivity contribution in [2.45, 2.75) is 0 Å². The van der Waals surface area contributed by atoms with E-state index < -0.39 is 0 Å². The van der Waals surface area contributed by atoms with Crippen LogP contribution >= 0.6 is 0 Å². The van der Waals surface area contributed by atoms with Gasteiger partial charge < -0.3 is 23.7 Å². The lowest BCUT2D eigenvalue weighted by atomic mass is 10.2. The maximum Gasteiger partial charge on any atom is 0.161 e. The second kappa shape index (κ2) is 12.8. The van der Waals surface area contributed by atoms with Gasteiger partial charge >= 0.3 is 0 Å². The van der Waals surface area contributed by atoms with Gasteiger partial charge in [0.1, 0.15) is 13.2 Å². The Morgan fingerprint density at radius 1 is 0.621 bits per heavy atom. The van der Waals surface area contributed by atoms with Crippen LogP contribution in [0.25, 0.3) is 6.08 Å². The third-order valence-corrected chi connectivity index (χ3v) is 5.11. The summed E-state index contributed by atoms with van der Waals surface area (Å²) in [4.78, 5) is 4.63. The van der Waals surface area contributed by atoms with Gasteiger partial charge in [-0.05, 0) is 17.7 Å². The normalized spacial score (nSPS) is 25.7. The van der Waals surface area contributed by atoms with Gasteiger partial charge in [0, 0.05) is 39.3 Å². The molecular weight excluding hydrogens is 372 g/mol. The summed E-state index contributed by atoms with van der Waals surface area (Å²) >= 11 is 0. The van der Waals surface area contributed by atoms with E-state index in [2.05, 4.69) is 16.4 Å². The summed E-state index contributed by atoms with van der Waals surface area (Å²) in [5, 5.41) is 0. The number of rotatable bonds is 1. The van der Waals surface area contributed by atoms with Gasteiger partial charge in [0.25, 0.3) is 0 Å². The highest BCUT2D eigenvalue weighted by molar-refractivity contribution is 5.54. The van der Waals surface area contributed by atoms with Gasteiger partial charge in [-0.2, -0.15) is 0 Å². The first kappa shape index (κ1) is 22.1. The van der Waals surface area contributed by atoms with Crippen molar-refractivity contribution < 1.29 is 23.7 Å². The van der Waals surface area contributed by atoms with Crippen LogP contribution in [0.15, 0.2) is 24.8 Å². The summed E-state index contributed by atoms with van der Waals surface area (Å²) in [6, 6.07) is 5.95. The van der Waals surface area contributed by atoms with Gasteiger partial charge in [0.2, 0.25) is 0 Å². The Hall–Kier alpha value is -1.64. The van der Waals surface area contributed by atoms with Gasteiger partial charge in [-0.3, -0.25) is 9.80 Å². The summed E-state index contributed by atoms with van der Waals surface area (Å²) in [5.41, 5.74) is 1.02. The van der Waals surface area contributed by atoms with E-state index in [0.29, 0.717) is 52.9 Å². The molecular formula is C22H34N2O5. The zero-order valence-corrected chi connectivity index (χ0v) is 17.4. The molecule has 0 N–H and O–H groups in total. The molecule has 1 aromatic carbocycles. The summed E-state index contributed by atoms with van der Waals surface area (Å²) in [6.07, 6.45) is 1.82. The van der Waals surface area contributed by atoms with Crippen LogP contribution in [-0.2, 0) is 14.2 Å². The summed E-state index contributed by atoms with van der Waals surface area (Å²) < 4.78 is 29.5. The fraction of sp³-hybridized carbons (Fsp3) is 0.636. The Balaban J connectivity index is 1.74. The van der Waals surface area contributed by atoms with Crippen molar-refractivity contribution in [1.29, 1.82) is 0 Å². The van der Waals surface area contributed by atoms with Crippen LogP contribution in [0.2, 0.25) is 0 Å². The number of benzene rings is 1. The van der Waals surface area contributed by atoms with Crippen LogP contribution < -0.4 is 9.47 Å². The van der Waals surface area contributed by atoms with E-state index in [1.165, 1.54) is 0 Å². The highest BCUT2D eigenvalue weighted by Crippen LogP contribution is 2.29. The molecule has 2 aliphatic rings. The fourth-order valence-electron chi connectivity index (χ4n) is 3.32. The fourth-order valence-corrected chi connectivity index (χ4v) is 3.32. The lowest BCUT2D eigenvalue weighted by molar-refractivity contribution is 0.0299. The monoisotopic (exact) mass is 406 g/mol. The van der Waals surface area contributed by atoms with E-state index >= 15 is 0 Å². The minimum atomic E-state index is 0.576. The Kier molecular flexibility index (Phi) is 9.75. The van der Waals surface area contributed by atoms with E-state index in [1.807, 2.05) is 24.3 Å². The predicted octanol–water partition coefficient (Wildman–Crippen LogP) is 1.77. The standard InChI is InChI=1S/C22H34N2O5/c1-2-20-3-4-21-22(19-20)29-16-10-24-6-12-25-11-5-23(9-15-28-21)7-13-26-17-18-27-14-8-24/h2-4,19H,1,5-18H2. The Labute approximate surface area is 174 Å². The number of nitrogens with zero attached hydrogens (tertiary/aromatic N) is 2. The van der Waals surface area contributed by atoms with Crippen molar-refractivity contribution in [3.63, 3.8) is 0 Å². The van der Waals surface area contributed by atoms with Crippen molar-refractivity contribution >= 4 is 6.08 Å². The third-order valence-electron chi connectivity index (χ3n) is 5.11. The van der Waals surface area contributed by atoms with Gasteiger partial charge in [-0.1, -0.05) is 18.7 Å². The molecule has 7 nitrogen and oxygen atoms in total. The first-order valence-corrected chi connectivity index (χ1v) is 10.5. The lowest BCUT2D eigenvalue weighted by Gasteiger charge is -2.22. The molecule has 0 radical (unpaired) electrons. The molecule has 1 fully saturated rings. The molecule has 2 bridgehead atoms. The molecule has 2 unspecified atom stereocenters. The van der Waals surface area contributed by atoms with Crippen LogP contribution in [0.3, 0.4) is 0 Å². The lowest BCUT2D eigenvalue weighted by Crippen LogP contribution is -2.36. The minimum Gasteiger partial charge on any atom is -0.488 e. The van der Waals surface area contributed by atoms with Crippen molar-refractivity contribution in [2.75, 3.05) is 92.1 Å². The Morgan fingerprint density at radius 2 is 1.10 bits per heavy atom. The van der Waals surface area contributed by atoms with Crippen LogP contribution in [0.5, 0.6) is 11.5 Å². The highest BCUT2D eigenvalue weighted by atomic mass is 16.5. The Morgan fingerprint density at radius 3 is 1.66 bits per heavy atom. The zero-order chi connectivity index (χ0) is 20.2. The quantitative estimate of drug-likeness (QED) is 0.659. The molecule has 0 spiro atoms. The Bertz CT molecular complexity index is 613. The van der Waals surface area contributed by atoms with E-state index in [1.54, 1.807) is 0 Å². The molecule has 2 heterocycles. The van der Waals surface area contributed by atoms with Gasteiger partial charge in [-0.15, -0.1) is 0 Å². The number of ether oxygens (including phenoxy) is 5. The molecule has 1 saturated heterocycles. The maximum absolute atomic E-state index is 6.10. The molecule has 0 amide bonds. The minimum absolute atomic E-state index is 0.576. The molecule has 0 saturated carbocycles. The molecule has 7 heteroatoms. The predicted molar refractivity (Wildman–Crippen MR) is 113 cm³/mol. The van der Waals surface area contributed by atoms with E-state index in [9.17, 15) is 0 Å². The first-order chi connectivity index (χ1) is 14.3. The summed E-state index contributed by atoms with van der Waals surface area (Å²) in [6.45, 7) is 14.0. The van der Waals surface area contributed by atoms with Crippen molar-refractivity contribution in [1.82, 2.24) is 9.80 Å². The van der Waals surface area contributed by atoms with Crippen LogP contribution in [-0.4, -0.2) is 102 Å². The van der Waals surface area contributed by atoms with Crippen LogP contribution in [0, 0.1) is 0 Å².